The minimum absolute atomic E-state index is 0.593. The lowest BCUT2D eigenvalue weighted by Gasteiger charge is -2.12. The molecule has 1 unspecified atom stereocenters. The molecule has 49 valence electrons. The van der Waals surface area contributed by atoms with E-state index in [0.717, 1.165) is 18.4 Å². The summed E-state index contributed by atoms with van der Waals surface area (Å²) in [7, 11) is 0. The maximum atomic E-state index is 10.1. The highest BCUT2D eigenvalue weighted by molar-refractivity contribution is 5.74. The minimum atomic E-state index is 0.593. The Hall–Kier alpha value is -0.590. The average molecular weight is 123 g/mol. The van der Waals surface area contributed by atoms with E-state index in [1.165, 1.54) is 6.42 Å². The summed E-state index contributed by atoms with van der Waals surface area (Å²) >= 11 is 0. The Balaban J connectivity index is 2.59. The highest BCUT2D eigenvalue weighted by Gasteiger charge is 2.07. The molecular formula is C8H11O. The summed E-state index contributed by atoms with van der Waals surface area (Å²) in [5.41, 5.74) is 0.869. The lowest BCUT2D eigenvalue weighted by molar-refractivity contribution is 0.542. The van der Waals surface area contributed by atoms with Crippen molar-refractivity contribution in [1.29, 1.82) is 0 Å². The van der Waals surface area contributed by atoms with Gasteiger partial charge in [-0.15, -0.1) is 0 Å². The molecule has 0 bridgehead atoms. The molecule has 0 N–H and O–H groups in total. The smallest absolute Gasteiger partial charge is 0.228 e. The Morgan fingerprint density at radius 3 is 3.00 bits per heavy atom. The van der Waals surface area contributed by atoms with Crippen LogP contribution in [-0.4, -0.2) is 6.29 Å². The van der Waals surface area contributed by atoms with Crippen LogP contribution in [0.15, 0.2) is 11.6 Å². The maximum absolute atomic E-state index is 10.1. The van der Waals surface area contributed by atoms with Gasteiger partial charge in [0.05, 0.1) is 0 Å². The molecule has 1 rings (SSSR count). The molecule has 1 atom stereocenters. The molecule has 0 saturated heterocycles. The SMILES string of the molecule is CC1C=C([C]=O)CCC1. The monoisotopic (exact) mass is 123 g/mol. The van der Waals surface area contributed by atoms with Crippen LogP contribution in [0.3, 0.4) is 0 Å². The predicted molar refractivity (Wildman–Crippen MR) is 36.8 cm³/mol. The summed E-state index contributed by atoms with van der Waals surface area (Å²) in [6.45, 7) is 2.14. The van der Waals surface area contributed by atoms with Crippen LogP contribution in [0.5, 0.6) is 0 Å². The van der Waals surface area contributed by atoms with E-state index in [0.29, 0.717) is 5.92 Å². The number of hydrogen-bond donors (Lipinski definition) is 0. The van der Waals surface area contributed by atoms with Crippen molar-refractivity contribution in [3.05, 3.63) is 11.6 Å². The number of allylic oxidation sites excluding steroid dienone is 2. The van der Waals surface area contributed by atoms with Crippen LogP contribution in [-0.2, 0) is 4.79 Å². The van der Waals surface area contributed by atoms with E-state index < -0.39 is 0 Å². The van der Waals surface area contributed by atoms with Crippen LogP contribution in [0, 0.1) is 5.92 Å². The molecule has 1 heteroatoms. The van der Waals surface area contributed by atoms with E-state index in [4.69, 9.17) is 0 Å². The number of hydrogen-bond acceptors (Lipinski definition) is 1. The van der Waals surface area contributed by atoms with E-state index in [1.54, 1.807) is 0 Å². The first-order chi connectivity index (χ1) is 4.33. The van der Waals surface area contributed by atoms with Gasteiger partial charge in [-0.2, -0.15) is 0 Å². The van der Waals surface area contributed by atoms with Crippen LogP contribution >= 0.6 is 0 Å². The molecule has 0 aliphatic heterocycles. The van der Waals surface area contributed by atoms with Crippen molar-refractivity contribution < 1.29 is 4.79 Å². The van der Waals surface area contributed by atoms with Crippen molar-refractivity contribution in [2.45, 2.75) is 26.2 Å². The van der Waals surface area contributed by atoms with Crippen LogP contribution in [0.2, 0.25) is 0 Å². The molecule has 1 aliphatic carbocycles. The van der Waals surface area contributed by atoms with Crippen LogP contribution in [0.4, 0.5) is 0 Å². The maximum Gasteiger partial charge on any atom is 0.228 e. The zero-order valence-corrected chi connectivity index (χ0v) is 5.68. The molecule has 0 saturated carbocycles. The first-order valence-electron chi connectivity index (χ1n) is 3.42. The first kappa shape index (κ1) is 6.53. The second-order valence-corrected chi connectivity index (χ2v) is 2.66. The Morgan fingerprint density at radius 1 is 1.78 bits per heavy atom. The molecule has 0 fully saturated rings. The molecule has 0 amide bonds. The van der Waals surface area contributed by atoms with Crippen molar-refractivity contribution in [3.8, 4) is 0 Å². The molecule has 9 heavy (non-hydrogen) atoms. The first-order valence-corrected chi connectivity index (χ1v) is 3.42. The molecule has 0 aromatic carbocycles. The summed E-state index contributed by atoms with van der Waals surface area (Å²) < 4.78 is 0. The second kappa shape index (κ2) is 2.81. The standard InChI is InChI=1S/C8H11O/c1-7-3-2-4-8(5-7)6-9/h5,7H,2-4H2,1H3. The zero-order valence-electron chi connectivity index (χ0n) is 5.68. The van der Waals surface area contributed by atoms with Crippen molar-refractivity contribution in [1.82, 2.24) is 0 Å². The Labute approximate surface area is 55.8 Å². The predicted octanol–water partition coefficient (Wildman–Crippen LogP) is 1.84. The van der Waals surface area contributed by atoms with Crippen molar-refractivity contribution in [2.24, 2.45) is 5.92 Å². The van der Waals surface area contributed by atoms with Gasteiger partial charge in [0.15, 0.2) is 0 Å². The molecule has 1 radical (unpaired) electrons. The van der Waals surface area contributed by atoms with Gasteiger partial charge in [-0.25, -0.2) is 0 Å². The van der Waals surface area contributed by atoms with Gasteiger partial charge >= 0.3 is 0 Å². The minimum Gasteiger partial charge on any atom is -0.285 e. The summed E-state index contributed by atoms with van der Waals surface area (Å²) in [6, 6.07) is 0. The largest absolute Gasteiger partial charge is 0.285 e. The lowest BCUT2D eigenvalue weighted by Crippen LogP contribution is -2.00. The summed E-state index contributed by atoms with van der Waals surface area (Å²) in [4.78, 5) is 10.1. The molecule has 0 aromatic rings. The van der Waals surface area contributed by atoms with Gasteiger partial charge in [-0.3, -0.25) is 4.79 Å². The fourth-order valence-corrected chi connectivity index (χ4v) is 1.21. The van der Waals surface area contributed by atoms with Gasteiger partial charge in [-0.05, 0) is 30.8 Å². The van der Waals surface area contributed by atoms with Crippen LogP contribution < -0.4 is 0 Å². The van der Waals surface area contributed by atoms with Gasteiger partial charge in [-0.1, -0.05) is 13.0 Å². The van der Waals surface area contributed by atoms with Gasteiger partial charge < -0.3 is 0 Å². The lowest BCUT2D eigenvalue weighted by atomic mass is 9.93. The third kappa shape index (κ3) is 1.67. The highest BCUT2D eigenvalue weighted by Crippen LogP contribution is 2.20. The summed E-state index contributed by atoms with van der Waals surface area (Å²) in [6.07, 6.45) is 7.29. The van der Waals surface area contributed by atoms with Gasteiger partial charge in [0, 0.05) is 0 Å². The zero-order chi connectivity index (χ0) is 6.69. The third-order valence-corrected chi connectivity index (χ3v) is 1.72. The Kier molecular flexibility index (Phi) is 2.04. The quantitative estimate of drug-likeness (QED) is 0.520. The highest BCUT2D eigenvalue weighted by atomic mass is 16.1. The number of rotatable bonds is 1. The van der Waals surface area contributed by atoms with Crippen LogP contribution in [0.1, 0.15) is 26.2 Å². The molecule has 0 spiro atoms. The topological polar surface area (TPSA) is 17.1 Å². The van der Waals surface area contributed by atoms with Crippen molar-refractivity contribution >= 4 is 6.29 Å². The molecule has 0 aromatic heterocycles. The van der Waals surface area contributed by atoms with Crippen LogP contribution in [0.25, 0.3) is 0 Å². The van der Waals surface area contributed by atoms with Gasteiger partial charge in [0.1, 0.15) is 0 Å². The third-order valence-electron chi connectivity index (χ3n) is 1.72. The van der Waals surface area contributed by atoms with E-state index >= 15 is 0 Å². The number of carbonyl (C=O) groups excluding carboxylic acids is 1. The van der Waals surface area contributed by atoms with Gasteiger partial charge in [0.2, 0.25) is 6.29 Å². The second-order valence-electron chi connectivity index (χ2n) is 2.66. The molecule has 1 aliphatic rings. The fraction of sp³-hybridized carbons (Fsp3) is 0.625. The van der Waals surface area contributed by atoms with E-state index in [1.807, 2.05) is 12.4 Å². The summed E-state index contributed by atoms with van der Waals surface area (Å²) in [5.74, 6) is 0.593. The van der Waals surface area contributed by atoms with Gasteiger partial charge in [0.25, 0.3) is 0 Å². The molecule has 0 heterocycles. The molecular weight excluding hydrogens is 112 g/mol. The van der Waals surface area contributed by atoms with E-state index in [9.17, 15) is 4.79 Å². The Morgan fingerprint density at radius 2 is 2.56 bits per heavy atom. The van der Waals surface area contributed by atoms with Crippen molar-refractivity contribution in [2.75, 3.05) is 0 Å². The van der Waals surface area contributed by atoms with Crippen molar-refractivity contribution in [3.63, 3.8) is 0 Å². The Bertz CT molecular complexity index is 136. The molecule has 1 nitrogen and oxygen atoms in total. The van der Waals surface area contributed by atoms with E-state index in [2.05, 4.69) is 6.92 Å². The summed E-state index contributed by atoms with van der Waals surface area (Å²) in [5, 5.41) is 0. The normalized spacial score (nSPS) is 27.2. The average Bonchev–Trinajstić information content (AvgIpc) is 1.88. The fourth-order valence-electron chi connectivity index (χ4n) is 1.21. The van der Waals surface area contributed by atoms with E-state index in [-0.39, 0.29) is 0 Å².